The van der Waals surface area contributed by atoms with Gasteiger partial charge in [0.25, 0.3) is 5.91 Å². The Bertz CT molecular complexity index is 661. The first kappa shape index (κ1) is 19.8. The smallest absolute Gasteiger partial charge is 0.308 e. The number of carbonyl (C=O) groups is 3. The minimum Gasteiger partial charge on any atom is -0.484 e. The normalized spacial score (nSPS) is 18.0. The molecule has 0 radical (unpaired) electrons. The topological polar surface area (TPSA) is 84.9 Å². The van der Waals surface area contributed by atoms with Crippen LogP contribution in [0.3, 0.4) is 0 Å². The van der Waals surface area contributed by atoms with Crippen molar-refractivity contribution in [3.05, 3.63) is 29.8 Å². The molecule has 1 aromatic carbocycles. The number of benzene rings is 1. The van der Waals surface area contributed by atoms with Gasteiger partial charge in [-0.05, 0) is 38.0 Å². The van der Waals surface area contributed by atoms with Crippen molar-refractivity contribution >= 4 is 17.8 Å². The van der Waals surface area contributed by atoms with Crippen molar-refractivity contribution in [2.75, 3.05) is 19.7 Å². The molecule has 2 rings (SSSR count). The summed E-state index contributed by atoms with van der Waals surface area (Å²) < 4.78 is 10.8. The Morgan fingerprint density at radius 3 is 2.85 bits per heavy atom. The van der Waals surface area contributed by atoms with Crippen LogP contribution < -0.4 is 10.1 Å². The van der Waals surface area contributed by atoms with Crippen LogP contribution in [0.5, 0.6) is 5.75 Å². The van der Waals surface area contributed by atoms with Crippen LogP contribution >= 0.6 is 0 Å². The average molecular weight is 362 g/mol. The van der Waals surface area contributed by atoms with E-state index in [1.807, 2.05) is 32.0 Å². The van der Waals surface area contributed by atoms with Gasteiger partial charge in [0.2, 0.25) is 5.91 Å². The maximum absolute atomic E-state index is 12.5. The lowest BCUT2D eigenvalue weighted by atomic mass is 10.1. The predicted octanol–water partition coefficient (Wildman–Crippen LogP) is 1.43. The number of piperazine rings is 1. The Hall–Kier alpha value is -2.57. The molecule has 0 aliphatic carbocycles. The summed E-state index contributed by atoms with van der Waals surface area (Å²) in [5, 5.41) is 2.69. The maximum atomic E-state index is 12.5. The Kier molecular flexibility index (Phi) is 7.00. The van der Waals surface area contributed by atoms with Gasteiger partial charge in [-0.1, -0.05) is 19.1 Å². The molecule has 2 unspecified atom stereocenters. The summed E-state index contributed by atoms with van der Waals surface area (Å²) in [4.78, 5) is 38.1. The summed E-state index contributed by atoms with van der Waals surface area (Å²) in [6.45, 7) is 6.13. The number of nitrogens with zero attached hydrogens (tertiary/aromatic N) is 1. The van der Waals surface area contributed by atoms with Crippen molar-refractivity contribution in [1.82, 2.24) is 10.2 Å². The number of hydrogen-bond acceptors (Lipinski definition) is 5. The van der Waals surface area contributed by atoms with E-state index in [9.17, 15) is 14.4 Å². The maximum Gasteiger partial charge on any atom is 0.308 e. The van der Waals surface area contributed by atoms with Gasteiger partial charge in [-0.2, -0.15) is 0 Å². The van der Waals surface area contributed by atoms with Crippen LogP contribution in [0.15, 0.2) is 24.3 Å². The summed E-state index contributed by atoms with van der Waals surface area (Å²) in [5.41, 5.74) is 1.03. The molecule has 1 aromatic rings. The van der Waals surface area contributed by atoms with Gasteiger partial charge < -0.3 is 19.7 Å². The number of rotatable bonds is 7. The van der Waals surface area contributed by atoms with Crippen LogP contribution in [0.25, 0.3) is 0 Å². The Morgan fingerprint density at radius 2 is 2.15 bits per heavy atom. The Morgan fingerprint density at radius 1 is 1.38 bits per heavy atom. The standard InChI is InChI=1S/C19H26N2O5/c1-4-14(3)26-18(23)11-16-19(24)20-8-9-21(16)17(22)12-25-15-7-5-6-13(2)10-15/h5-7,10,14,16H,4,8-9,11-12H2,1-3H3,(H,20,24). The van der Waals surface area contributed by atoms with E-state index in [2.05, 4.69) is 5.32 Å². The number of esters is 1. The fourth-order valence-corrected chi connectivity index (χ4v) is 2.66. The molecule has 0 aromatic heterocycles. The van der Waals surface area contributed by atoms with Gasteiger partial charge in [-0.25, -0.2) is 0 Å². The molecule has 26 heavy (non-hydrogen) atoms. The first-order valence-electron chi connectivity index (χ1n) is 8.86. The molecule has 0 spiro atoms. The van der Waals surface area contributed by atoms with Gasteiger partial charge in [0.05, 0.1) is 12.5 Å². The minimum absolute atomic E-state index is 0.160. The number of ether oxygens (including phenoxy) is 2. The van der Waals surface area contributed by atoms with Crippen molar-refractivity contribution in [2.45, 2.75) is 45.8 Å². The molecule has 1 saturated heterocycles. The number of nitrogens with one attached hydrogen (secondary N) is 1. The molecule has 1 aliphatic heterocycles. The molecule has 2 amide bonds. The van der Waals surface area contributed by atoms with E-state index in [-0.39, 0.29) is 30.9 Å². The van der Waals surface area contributed by atoms with Crippen molar-refractivity contribution in [3.8, 4) is 5.75 Å². The van der Waals surface area contributed by atoms with Crippen molar-refractivity contribution in [2.24, 2.45) is 0 Å². The number of amides is 2. The molecule has 1 N–H and O–H groups in total. The highest BCUT2D eigenvalue weighted by Gasteiger charge is 2.35. The highest BCUT2D eigenvalue weighted by Crippen LogP contribution is 2.15. The first-order chi connectivity index (χ1) is 12.4. The third kappa shape index (κ3) is 5.47. The van der Waals surface area contributed by atoms with Gasteiger partial charge >= 0.3 is 5.97 Å². The van der Waals surface area contributed by atoms with E-state index in [4.69, 9.17) is 9.47 Å². The zero-order chi connectivity index (χ0) is 19.1. The molecule has 0 bridgehead atoms. The summed E-state index contributed by atoms with van der Waals surface area (Å²) in [6.07, 6.45) is 0.310. The number of hydrogen-bond donors (Lipinski definition) is 1. The van der Waals surface area contributed by atoms with E-state index in [1.165, 1.54) is 4.90 Å². The summed E-state index contributed by atoms with van der Waals surface area (Å²) in [5.74, 6) is -0.574. The zero-order valence-electron chi connectivity index (χ0n) is 15.5. The molecule has 1 fully saturated rings. The lowest BCUT2D eigenvalue weighted by molar-refractivity contribution is -0.155. The summed E-state index contributed by atoms with van der Waals surface area (Å²) >= 11 is 0. The van der Waals surface area contributed by atoms with Crippen LogP contribution in [0.2, 0.25) is 0 Å². The minimum atomic E-state index is -0.867. The van der Waals surface area contributed by atoms with Crippen LogP contribution in [0, 0.1) is 6.92 Å². The fraction of sp³-hybridized carbons (Fsp3) is 0.526. The predicted molar refractivity (Wildman–Crippen MR) is 95.6 cm³/mol. The molecule has 1 heterocycles. The van der Waals surface area contributed by atoms with Gasteiger partial charge in [0, 0.05) is 13.1 Å². The zero-order valence-corrected chi connectivity index (χ0v) is 15.5. The lowest BCUT2D eigenvalue weighted by Crippen LogP contribution is -2.58. The molecular formula is C19H26N2O5. The molecular weight excluding hydrogens is 336 g/mol. The molecule has 0 saturated carbocycles. The van der Waals surface area contributed by atoms with Crippen LogP contribution in [-0.2, 0) is 19.1 Å². The van der Waals surface area contributed by atoms with Crippen molar-refractivity contribution in [1.29, 1.82) is 0 Å². The molecule has 7 nitrogen and oxygen atoms in total. The van der Waals surface area contributed by atoms with Gasteiger partial charge in [-0.3, -0.25) is 14.4 Å². The fourth-order valence-electron chi connectivity index (χ4n) is 2.66. The second-order valence-corrected chi connectivity index (χ2v) is 6.41. The summed E-state index contributed by atoms with van der Waals surface area (Å²) in [7, 11) is 0. The SMILES string of the molecule is CCC(C)OC(=O)CC1C(=O)NCCN1C(=O)COc1cccc(C)c1. The average Bonchev–Trinajstić information content (AvgIpc) is 2.61. The molecule has 7 heteroatoms. The highest BCUT2D eigenvalue weighted by atomic mass is 16.5. The lowest BCUT2D eigenvalue weighted by Gasteiger charge is -2.34. The highest BCUT2D eigenvalue weighted by molar-refractivity contribution is 5.92. The van der Waals surface area contributed by atoms with Gasteiger partial charge in [0.1, 0.15) is 11.8 Å². The quantitative estimate of drug-likeness (QED) is 0.742. The third-order valence-electron chi connectivity index (χ3n) is 4.27. The number of carbonyl (C=O) groups excluding carboxylic acids is 3. The number of aryl methyl sites for hydroxylation is 1. The second kappa shape index (κ2) is 9.22. The van der Waals surface area contributed by atoms with Gasteiger partial charge in [-0.15, -0.1) is 0 Å². The van der Waals surface area contributed by atoms with E-state index < -0.39 is 12.0 Å². The van der Waals surface area contributed by atoms with Crippen LogP contribution in [0.1, 0.15) is 32.3 Å². The van der Waals surface area contributed by atoms with Crippen molar-refractivity contribution < 1.29 is 23.9 Å². The Balaban J connectivity index is 1.98. The largest absolute Gasteiger partial charge is 0.484 e. The molecule has 1 aliphatic rings. The van der Waals surface area contributed by atoms with E-state index in [0.29, 0.717) is 25.3 Å². The van der Waals surface area contributed by atoms with Crippen LogP contribution in [-0.4, -0.2) is 54.5 Å². The van der Waals surface area contributed by atoms with E-state index >= 15 is 0 Å². The van der Waals surface area contributed by atoms with Crippen molar-refractivity contribution in [3.63, 3.8) is 0 Å². The second-order valence-electron chi connectivity index (χ2n) is 6.41. The molecule has 142 valence electrons. The van der Waals surface area contributed by atoms with E-state index in [0.717, 1.165) is 5.56 Å². The Labute approximate surface area is 153 Å². The molecule has 2 atom stereocenters. The first-order valence-corrected chi connectivity index (χ1v) is 8.86. The van der Waals surface area contributed by atoms with Gasteiger partial charge in [0.15, 0.2) is 6.61 Å². The third-order valence-corrected chi connectivity index (χ3v) is 4.27. The summed E-state index contributed by atoms with van der Waals surface area (Å²) in [6, 6.07) is 6.51. The van der Waals surface area contributed by atoms with E-state index in [1.54, 1.807) is 13.0 Å². The monoisotopic (exact) mass is 362 g/mol. The van der Waals surface area contributed by atoms with Crippen LogP contribution in [0.4, 0.5) is 0 Å².